The number of fused-ring (bicyclic) bond motifs is 1. The first-order chi connectivity index (χ1) is 15.7. The van der Waals surface area contributed by atoms with E-state index in [2.05, 4.69) is 15.1 Å². The Morgan fingerprint density at radius 1 is 1.27 bits per heavy atom. The molecule has 0 radical (unpaired) electrons. The number of hydrogen-bond donors (Lipinski definition) is 1. The molecule has 0 bridgehead atoms. The Kier molecular flexibility index (Phi) is 6.36. The number of aromatic nitrogens is 4. The van der Waals surface area contributed by atoms with E-state index in [-0.39, 0.29) is 31.0 Å². The lowest BCUT2D eigenvalue weighted by Gasteiger charge is -2.21. The molecule has 3 atom stereocenters. The summed E-state index contributed by atoms with van der Waals surface area (Å²) in [4.78, 5) is 23.6. The highest BCUT2D eigenvalue weighted by molar-refractivity contribution is 5.70. The zero-order valence-electron chi connectivity index (χ0n) is 19.7. The monoisotopic (exact) mass is 453 g/mol. The van der Waals surface area contributed by atoms with Gasteiger partial charge < -0.3 is 19.5 Å². The Hall–Kier alpha value is -3.04. The second-order valence-electron chi connectivity index (χ2n) is 9.43. The molecule has 2 aromatic heterocycles. The number of ether oxygens (including phenoxy) is 2. The number of aryl methyl sites for hydroxylation is 1. The van der Waals surface area contributed by atoms with Gasteiger partial charge in [-0.25, -0.2) is 4.98 Å². The third kappa shape index (κ3) is 4.99. The zero-order chi connectivity index (χ0) is 23.8. The SMILES string of the molecule is Cc1nc(N(C)c2ccccc2)n2ncc([C@H]3C[C@H](CC(=O)OC(C)(C)C)[C@@H](CO)O3)c2n1. The lowest BCUT2D eigenvalue weighted by molar-refractivity contribution is -0.156. The first-order valence-electron chi connectivity index (χ1n) is 11.2. The molecule has 1 aliphatic rings. The summed E-state index contributed by atoms with van der Waals surface area (Å²) in [7, 11) is 1.93. The Morgan fingerprint density at radius 3 is 2.67 bits per heavy atom. The van der Waals surface area contributed by atoms with Crippen molar-refractivity contribution in [1.29, 1.82) is 0 Å². The zero-order valence-corrected chi connectivity index (χ0v) is 19.7. The molecule has 1 aliphatic heterocycles. The molecule has 0 unspecified atom stereocenters. The van der Waals surface area contributed by atoms with Gasteiger partial charge in [0.25, 0.3) is 0 Å². The molecule has 4 rings (SSSR count). The number of carbonyl (C=O) groups excluding carboxylic acids is 1. The van der Waals surface area contributed by atoms with Gasteiger partial charge in [0.15, 0.2) is 5.65 Å². The summed E-state index contributed by atoms with van der Waals surface area (Å²) in [5.41, 5.74) is 1.89. The van der Waals surface area contributed by atoms with E-state index in [1.807, 2.05) is 70.0 Å². The minimum absolute atomic E-state index is 0.154. The van der Waals surface area contributed by atoms with E-state index in [9.17, 15) is 9.90 Å². The van der Waals surface area contributed by atoms with Crippen molar-refractivity contribution in [3.63, 3.8) is 0 Å². The summed E-state index contributed by atoms with van der Waals surface area (Å²) in [5.74, 6) is 0.806. The number of aliphatic hydroxyl groups is 1. The maximum Gasteiger partial charge on any atom is 0.306 e. The molecule has 1 fully saturated rings. The molecule has 0 aliphatic carbocycles. The van der Waals surface area contributed by atoms with Crippen molar-refractivity contribution in [3.05, 3.63) is 47.9 Å². The second-order valence-corrected chi connectivity index (χ2v) is 9.43. The molecule has 9 heteroatoms. The van der Waals surface area contributed by atoms with Crippen LogP contribution >= 0.6 is 0 Å². The maximum absolute atomic E-state index is 12.4. The first-order valence-corrected chi connectivity index (χ1v) is 11.2. The van der Waals surface area contributed by atoms with Crippen LogP contribution in [-0.4, -0.2) is 56.0 Å². The van der Waals surface area contributed by atoms with Crippen molar-refractivity contribution in [2.24, 2.45) is 5.92 Å². The van der Waals surface area contributed by atoms with Gasteiger partial charge in [-0.15, -0.1) is 0 Å². The van der Waals surface area contributed by atoms with Crippen LogP contribution in [0.5, 0.6) is 0 Å². The van der Waals surface area contributed by atoms with E-state index >= 15 is 0 Å². The quantitative estimate of drug-likeness (QED) is 0.567. The molecule has 0 saturated carbocycles. The van der Waals surface area contributed by atoms with Gasteiger partial charge in [-0.2, -0.15) is 14.6 Å². The lowest BCUT2D eigenvalue weighted by Crippen LogP contribution is -2.28. The molecule has 1 saturated heterocycles. The summed E-state index contributed by atoms with van der Waals surface area (Å²) in [6, 6.07) is 9.91. The highest BCUT2D eigenvalue weighted by Crippen LogP contribution is 2.40. The Labute approximate surface area is 193 Å². The largest absolute Gasteiger partial charge is 0.460 e. The van der Waals surface area contributed by atoms with Crippen molar-refractivity contribution in [2.75, 3.05) is 18.6 Å². The number of hydrogen-bond acceptors (Lipinski definition) is 8. The van der Waals surface area contributed by atoms with Crippen LogP contribution in [0.15, 0.2) is 36.5 Å². The van der Waals surface area contributed by atoms with Crippen molar-refractivity contribution in [3.8, 4) is 0 Å². The van der Waals surface area contributed by atoms with Crippen molar-refractivity contribution < 1.29 is 19.4 Å². The van der Waals surface area contributed by atoms with Gasteiger partial charge in [0.1, 0.15) is 11.4 Å². The Bertz CT molecular complexity index is 1130. The number of carbonyl (C=O) groups is 1. The first kappa shape index (κ1) is 23.1. The van der Waals surface area contributed by atoms with E-state index in [1.165, 1.54) is 0 Å². The van der Waals surface area contributed by atoms with Crippen LogP contribution in [0, 0.1) is 12.8 Å². The van der Waals surface area contributed by atoms with Gasteiger partial charge in [-0.3, -0.25) is 4.79 Å². The highest BCUT2D eigenvalue weighted by atomic mass is 16.6. The Balaban J connectivity index is 1.61. The van der Waals surface area contributed by atoms with Crippen LogP contribution in [0.1, 0.15) is 51.1 Å². The molecule has 3 aromatic rings. The predicted octanol–water partition coefficient (Wildman–Crippen LogP) is 3.37. The van der Waals surface area contributed by atoms with Gasteiger partial charge in [0, 0.05) is 24.2 Å². The summed E-state index contributed by atoms with van der Waals surface area (Å²) >= 11 is 0. The fourth-order valence-corrected chi connectivity index (χ4v) is 4.20. The third-order valence-corrected chi connectivity index (χ3v) is 5.69. The van der Waals surface area contributed by atoms with Crippen LogP contribution < -0.4 is 4.90 Å². The molecule has 176 valence electrons. The minimum atomic E-state index is -0.553. The number of aliphatic hydroxyl groups excluding tert-OH is 1. The second kappa shape index (κ2) is 9.07. The third-order valence-electron chi connectivity index (χ3n) is 5.69. The lowest BCUT2D eigenvalue weighted by atomic mass is 9.94. The fraction of sp³-hybridized carbons (Fsp3) is 0.500. The molecule has 9 nitrogen and oxygen atoms in total. The number of benzene rings is 1. The topological polar surface area (TPSA) is 102 Å². The van der Waals surface area contributed by atoms with Gasteiger partial charge >= 0.3 is 5.97 Å². The van der Waals surface area contributed by atoms with Crippen molar-refractivity contribution >= 4 is 23.3 Å². The van der Waals surface area contributed by atoms with Gasteiger partial charge in [-0.1, -0.05) is 18.2 Å². The van der Waals surface area contributed by atoms with Crippen LogP contribution in [0.3, 0.4) is 0 Å². The van der Waals surface area contributed by atoms with Crippen LogP contribution in [0.4, 0.5) is 11.6 Å². The molecular weight excluding hydrogens is 422 g/mol. The van der Waals surface area contributed by atoms with Gasteiger partial charge in [0.05, 0.1) is 31.4 Å². The van der Waals surface area contributed by atoms with Crippen LogP contribution in [-0.2, 0) is 14.3 Å². The van der Waals surface area contributed by atoms with E-state index in [0.717, 1.165) is 11.3 Å². The smallest absolute Gasteiger partial charge is 0.306 e. The molecular formula is C24H31N5O4. The normalized spacial score (nSPS) is 20.8. The molecule has 1 aromatic carbocycles. The number of para-hydroxylation sites is 1. The van der Waals surface area contributed by atoms with Crippen LogP contribution in [0.25, 0.3) is 5.65 Å². The number of nitrogens with zero attached hydrogens (tertiary/aromatic N) is 5. The van der Waals surface area contributed by atoms with Crippen molar-refractivity contribution in [2.45, 2.75) is 58.3 Å². The summed E-state index contributed by atoms with van der Waals surface area (Å²) < 4.78 is 13.3. The molecule has 3 heterocycles. The van der Waals surface area contributed by atoms with E-state index in [0.29, 0.717) is 23.8 Å². The molecule has 0 spiro atoms. The number of rotatable bonds is 6. The summed E-state index contributed by atoms with van der Waals surface area (Å²) in [6.45, 7) is 7.20. The highest BCUT2D eigenvalue weighted by Gasteiger charge is 2.39. The van der Waals surface area contributed by atoms with E-state index in [1.54, 1.807) is 10.7 Å². The average Bonchev–Trinajstić information content (AvgIpc) is 3.35. The van der Waals surface area contributed by atoms with E-state index < -0.39 is 11.7 Å². The summed E-state index contributed by atoms with van der Waals surface area (Å²) in [5, 5.41) is 14.4. The standard InChI is InChI=1S/C24H31N5O4/c1-15-26-22-18(13-25-29(22)23(27-15)28(5)17-9-7-6-8-10-17)19-11-16(20(14-30)32-19)12-21(31)33-24(2,3)4/h6-10,13,16,19-20,30H,11-12,14H2,1-5H3/t16-,19-,20-/m1/s1. The minimum Gasteiger partial charge on any atom is -0.460 e. The molecule has 0 amide bonds. The fourth-order valence-electron chi connectivity index (χ4n) is 4.20. The van der Waals surface area contributed by atoms with E-state index in [4.69, 9.17) is 9.47 Å². The average molecular weight is 454 g/mol. The van der Waals surface area contributed by atoms with Crippen LogP contribution in [0.2, 0.25) is 0 Å². The summed E-state index contributed by atoms with van der Waals surface area (Å²) in [6.07, 6.45) is 1.70. The number of anilines is 2. The van der Waals surface area contributed by atoms with Crippen molar-refractivity contribution in [1.82, 2.24) is 19.6 Å². The number of esters is 1. The molecule has 33 heavy (non-hydrogen) atoms. The van der Waals surface area contributed by atoms with Gasteiger partial charge in [0.2, 0.25) is 5.95 Å². The molecule has 1 N–H and O–H groups in total. The predicted molar refractivity (Wildman–Crippen MR) is 123 cm³/mol. The Morgan fingerprint density at radius 2 is 2.00 bits per heavy atom. The van der Waals surface area contributed by atoms with Gasteiger partial charge in [-0.05, 0) is 46.2 Å². The maximum atomic E-state index is 12.4.